The number of benzene rings is 1. The summed E-state index contributed by atoms with van der Waals surface area (Å²) in [5, 5.41) is 2.63. The predicted molar refractivity (Wildman–Crippen MR) is 110 cm³/mol. The average molecular weight is 397 g/mol. The van der Waals surface area contributed by atoms with Crippen LogP contribution in [-0.2, 0) is 16.0 Å². The van der Waals surface area contributed by atoms with Crippen LogP contribution in [0.25, 0.3) is 6.08 Å². The molecule has 3 amide bonds. The predicted octanol–water partition coefficient (Wildman–Crippen LogP) is 3.61. The van der Waals surface area contributed by atoms with Crippen LogP contribution in [0, 0.1) is 17.8 Å². The van der Waals surface area contributed by atoms with Crippen LogP contribution in [0.4, 0.5) is 4.79 Å². The Kier molecular flexibility index (Phi) is 5.40. The Hall–Kier alpha value is -2.34. The Labute approximate surface area is 169 Å². The van der Waals surface area contributed by atoms with Gasteiger partial charge in [-0.05, 0) is 60.1 Å². The first-order chi connectivity index (χ1) is 13.5. The number of thioether (sulfide) groups is 1. The normalized spacial score (nSPS) is 27.2. The molecule has 2 bridgehead atoms. The lowest BCUT2D eigenvalue weighted by Crippen LogP contribution is -2.40. The molecule has 1 saturated carbocycles. The van der Waals surface area contributed by atoms with Gasteiger partial charge < -0.3 is 5.32 Å². The molecule has 1 aromatic carbocycles. The van der Waals surface area contributed by atoms with E-state index in [1.807, 2.05) is 24.3 Å². The van der Waals surface area contributed by atoms with Gasteiger partial charge in [0, 0.05) is 19.0 Å². The summed E-state index contributed by atoms with van der Waals surface area (Å²) in [6.07, 6.45) is 9.05. The van der Waals surface area contributed by atoms with Crippen molar-refractivity contribution < 1.29 is 14.4 Å². The van der Waals surface area contributed by atoms with E-state index in [-0.39, 0.29) is 29.5 Å². The van der Waals surface area contributed by atoms with Crippen molar-refractivity contribution in [1.29, 1.82) is 0 Å². The van der Waals surface area contributed by atoms with Gasteiger partial charge in [-0.1, -0.05) is 43.3 Å². The van der Waals surface area contributed by atoms with Crippen LogP contribution in [0.1, 0.15) is 30.9 Å². The van der Waals surface area contributed by atoms with Crippen LogP contribution in [0.2, 0.25) is 0 Å². The van der Waals surface area contributed by atoms with E-state index in [1.165, 1.54) is 10.5 Å². The zero-order chi connectivity index (χ0) is 19.7. The number of carbonyl (C=O) groups excluding carboxylic acids is 3. The molecule has 1 aliphatic heterocycles. The molecule has 3 aliphatic rings. The number of hydrogen-bond acceptors (Lipinski definition) is 4. The molecule has 2 aliphatic carbocycles. The molecule has 2 fully saturated rings. The summed E-state index contributed by atoms with van der Waals surface area (Å²) in [7, 11) is 0. The van der Waals surface area contributed by atoms with E-state index in [9.17, 15) is 14.4 Å². The molecule has 3 atom stereocenters. The molecular weight excluding hydrogens is 372 g/mol. The van der Waals surface area contributed by atoms with Gasteiger partial charge in [0.2, 0.25) is 5.91 Å². The first-order valence-electron chi connectivity index (χ1n) is 9.85. The number of carbonyl (C=O) groups is 3. The van der Waals surface area contributed by atoms with E-state index in [0.717, 1.165) is 36.6 Å². The molecule has 5 nitrogen and oxygen atoms in total. The monoisotopic (exact) mass is 396 g/mol. The lowest BCUT2D eigenvalue weighted by molar-refractivity contribution is -0.127. The van der Waals surface area contributed by atoms with Gasteiger partial charge in [0.15, 0.2) is 0 Å². The lowest BCUT2D eigenvalue weighted by Gasteiger charge is -2.19. The number of nitrogens with zero attached hydrogens (tertiary/aromatic N) is 1. The fraction of sp³-hybridized carbons (Fsp3) is 0.409. The summed E-state index contributed by atoms with van der Waals surface area (Å²) in [5.74, 6) is 0.681. The molecule has 1 aromatic rings. The number of imide groups is 1. The standard InChI is InChI=1S/C22H24N2O3S/c1-2-14-3-5-15(6-4-14)13-19-21(26)24(22(27)28-19)10-9-23-20(25)18-12-16-7-8-17(18)11-16/h3-8,13,16-18H,2,9-12H2,1H3,(H,23,25)/b19-13-/t16?,17-,18+/m1/s1. The smallest absolute Gasteiger partial charge is 0.293 e. The molecule has 1 saturated heterocycles. The van der Waals surface area contributed by atoms with E-state index >= 15 is 0 Å². The second-order valence-electron chi connectivity index (χ2n) is 7.61. The average Bonchev–Trinajstić information content (AvgIpc) is 3.40. The molecule has 0 aromatic heterocycles. The molecule has 4 rings (SSSR count). The van der Waals surface area contributed by atoms with E-state index in [0.29, 0.717) is 23.3 Å². The van der Waals surface area contributed by atoms with Gasteiger partial charge in [0.1, 0.15) is 0 Å². The van der Waals surface area contributed by atoms with Gasteiger partial charge in [0.05, 0.1) is 4.91 Å². The Morgan fingerprint density at radius 2 is 2.00 bits per heavy atom. The van der Waals surface area contributed by atoms with E-state index in [1.54, 1.807) is 6.08 Å². The molecule has 146 valence electrons. The minimum atomic E-state index is -0.285. The van der Waals surface area contributed by atoms with Crippen molar-refractivity contribution in [1.82, 2.24) is 10.2 Å². The fourth-order valence-electron chi connectivity index (χ4n) is 4.20. The summed E-state index contributed by atoms with van der Waals surface area (Å²) in [6.45, 7) is 2.60. The molecule has 28 heavy (non-hydrogen) atoms. The summed E-state index contributed by atoms with van der Waals surface area (Å²) < 4.78 is 0. The highest BCUT2D eigenvalue weighted by Gasteiger charge is 2.40. The SMILES string of the molecule is CCc1ccc(/C=C2\SC(=O)N(CCNC(=O)[C@H]3CC4C=C[C@@H]3C4)C2=O)cc1. The zero-order valence-corrected chi connectivity index (χ0v) is 16.7. The van der Waals surface area contributed by atoms with Crippen LogP contribution in [0.5, 0.6) is 0 Å². The summed E-state index contributed by atoms with van der Waals surface area (Å²) in [5.41, 5.74) is 2.13. The number of rotatable bonds is 6. The third-order valence-corrected chi connectivity index (χ3v) is 6.72. The van der Waals surface area contributed by atoms with Crippen molar-refractivity contribution in [3.05, 3.63) is 52.4 Å². The van der Waals surface area contributed by atoms with Crippen molar-refractivity contribution in [3.63, 3.8) is 0 Å². The molecule has 1 unspecified atom stereocenters. The number of amides is 3. The highest BCUT2D eigenvalue weighted by Crippen LogP contribution is 2.43. The second-order valence-corrected chi connectivity index (χ2v) is 8.60. The molecule has 1 heterocycles. The second kappa shape index (κ2) is 7.95. The third kappa shape index (κ3) is 3.78. The molecule has 0 radical (unpaired) electrons. The highest BCUT2D eigenvalue weighted by atomic mass is 32.2. The van der Waals surface area contributed by atoms with Crippen molar-refractivity contribution in [2.45, 2.75) is 26.2 Å². The number of hydrogen-bond donors (Lipinski definition) is 1. The van der Waals surface area contributed by atoms with Crippen molar-refractivity contribution in [3.8, 4) is 0 Å². The van der Waals surface area contributed by atoms with Crippen LogP contribution in [0.15, 0.2) is 41.3 Å². The van der Waals surface area contributed by atoms with Gasteiger partial charge in [-0.2, -0.15) is 0 Å². The molecular formula is C22H24N2O3S. The lowest BCUT2D eigenvalue weighted by atomic mass is 9.93. The minimum Gasteiger partial charge on any atom is -0.354 e. The van der Waals surface area contributed by atoms with E-state index in [4.69, 9.17) is 0 Å². The molecule has 1 N–H and O–H groups in total. The third-order valence-electron chi connectivity index (χ3n) is 5.81. The van der Waals surface area contributed by atoms with Crippen LogP contribution in [-0.4, -0.2) is 35.0 Å². The number of nitrogens with one attached hydrogen (secondary N) is 1. The quantitative estimate of drug-likeness (QED) is 0.589. The first-order valence-corrected chi connectivity index (χ1v) is 10.7. The molecule has 6 heteroatoms. The van der Waals surface area contributed by atoms with Crippen LogP contribution in [0.3, 0.4) is 0 Å². The van der Waals surface area contributed by atoms with E-state index in [2.05, 4.69) is 24.4 Å². The number of aryl methyl sites for hydroxylation is 1. The minimum absolute atomic E-state index is 0.0374. The fourth-order valence-corrected chi connectivity index (χ4v) is 5.06. The summed E-state index contributed by atoms with van der Waals surface area (Å²) >= 11 is 0.957. The Bertz CT molecular complexity index is 859. The first kappa shape index (κ1) is 19.0. The Balaban J connectivity index is 1.32. The van der Waals surface area contributed by atoms with E-state index < -0.39 is 0 Å². The summed E-state index contributed by atoms with van der Waals surface area (Å²) in [4.78, 5) is 38.8. The Morgan fingerprint density at radius 3 is 2.64 bits per heavy atom. The Morgan fingerprint density at radius 1 is 1.21 bits per heavy atom. The summed E-state index contributed by atoms with van der Waals surface area (Å²) in [6, 6.07) is 7.96. The maximum atomic E-state index is 12.6. The van der Waals surface area contributed by atoms with Gasteiger partial charge >= 0.3 is 0 Å². The maximum Gasteiger partial charge on any atom is 0.293 e. The van der Waals surface area contributed by atoms with Crippen molar-refractivity contribution >= 4 is 34.9 Å². The highest BCUT2D eigenvalue weighted by molar-refractivity contribution is 8.18. The number of allylic oxidation sites excluding steroid dienone is 2. The largest absolute Gasteiger partial charge is 0.354 e. The zero-order valence-electron chi connectivity index (χ0n) is 15.9. The number of fused-ring (bicyclic) bond motifs is 2. The van der Waals surface area contributed by atoms with Gasteiger partial charge in [-0.3, -0.25) is 19.3 Å². The van der Waals surface area contributed by atoms with Crippen LogP contribution >= 0.6 is 11.8 Å². The van der Waals surface area contributed by atoms with Crippen LogP contribution < -0.4 is 5.32 Å². The van der Waals surface area contributed by atoms with Gasteiger partial charge in [-0.25, -0.2) is 0 Å². The van der Waals surface area contributed by atoms with Crippen molar-refractivity contribution in [2.75, 3.05) is 13.1 Å². The van der Waals surface area contributed by atoms with Gasteiger partial charge in [-0.15, -0.1) is 0 Å². The topological polar surface area (TPSA) is 66.5 Å². The van der Waals surface area contributed by atoms with Gasteiger partial charge in [0.25, 0.3) is 11.1 Å². The van der Waals surface area contributed by atoms with Crippen molar-refractivity contribution in [2.24, 2.45) is 17.8 Å². The maximum absolute atomic E-state index is 12.6. The molecule has 0 spiro atoms.